The van der Waals surface area contributed by atoms with E-state index in [4.69, 9.17) is 4.74 Å². The van der Waals surface area contributed by atoms with Gasteiger partial charge in [-0.2, -0.15) is 0 Å². The van der Waals surface area contributed by atoms with Crippen LogP contribution in [0.4, 0.5) is 0 Å². The Bertz CT molecular complexity index is 125. The summed E-state index contributed by atoms with van der Waals surface area (Å²) in [5.74, 6) is 0. The smallest absolute Gasteiger partial charge is 0.0669 e. The molecule has 66 valence electrons. The maximum absolute atomic E-state index is 9.90. The third-order valence-electron chi connectivity index (χ3n) is 2.77. The van der Waals surface area contributed by atoms with Gasteiger partial charge in [0.1, 0.15) is 0 Å². The minimum atomic E-state index is -0.432. The molecule has 2 heteroatoms. The number of aliphatic hydroxyl groups is 1. The zero-order chi connectivity index (χ0) is 8.32. The first-order chi connectivity index (χ1) is 5.20. The molecule has 0 aromatic rings. The molecule has 2 unspecified atom stereocenters. The molecule has 2 nitrogen and oxygen atoms in total. The minimum Gasteiger partial charge on any atom is -0.390 e. The molecule has 0 bridgehead atoms. The van der Waals surface area contributed by atoms with Crippen LogP contribution in [0.15, 0.2) is 0 Å². The minimum absolute atomic E-state index is 0.286. The van der Waals surface area contributed by atoms with Crippen molar-refractivity contribution >= 4 is 0 Å². The first-order valence-electron chi connectivity index (χ1n) is 4.45. The molecule has 1 N–H and O–H groups in total. The lowest BCUT2D eigenvalue weighted by Crippen LogP contribution is -2.37. The van der Waals surface area contributed by atoms with Gasteiger partial charge in [-0.3, -0.25) is 0 Å². The third kappa shape index (κ3) is 2.17. The summed E-state index contributed by atoms with van der Waals surface area (Å²) < 4.78 is 5.23. The van der Waals surface area contributed by atoms with E-state index < -0.39 is 5.60 Å². The Morgan fingerprint density at radius 1 is 1.64 bits per heavy atom. The fourth-order valence-electron chi connectivity index (χ4n) is 1.81. The number of hydrogen-bond donors (Lipinski definition) is 1. The summed E-state index contributed by atoms with van der Waals surface area (Å²) in [5, 5.41) is 9.90. The molecule has 0 saturated heterocycles. The SMILES string of the molecule is CCC1(O)CCCC(OC)C1. The molecule has 1 aliphatic carbocycles. The summed E-state index contributed by atoms with van der Waals surface area (Å²) in [5.41, 5.74) is -0.432. The molecule has 11 heavy (non-hydrogen) atoms. The van der Waals surface area contributed by atoms with E-state index in [0.29, 0.717) is 0 Å². The average molecular weight is 158 g/mol. The van der Waals surface area contributed by atoms with E-state index in [9.17, 15) is 5.11 Å². The zero-order valence-corrected chi connectivity index (χ0v) is 7.47. The number of ether oxygens (including phenoxy) is 1. The molecular formula is C9H18O2. The molecule has 0 spiro atoms. The largest absolute Gasteiger partial charge is 0.390 e. The number of rotatable bonds is 2. The quantitative estimate of drug-likeness (QED) is 0.663. The maximum Gasteiger partial charge on any atom is 0.0669 e. The summed E-state index contributed by atoms with van der Waals surface area (Å²) in [7, 11) is 1.73. The topological polar surface area (TPSA) is 29.5 Å². The van der Waals surface area contributed by atoms with Crippen molar-refractivity contribution in [1.29, 1.82) is 0 Å². The third-order valence-corrected chi connectivity index (χ3v) is 2.77. The van der Waals surface area contributed by atoms with E-state index in [1.54, 1.807) is 7.11 Å². The van der Waals surface area contributed by atoms with Crippen molar-refractivity contribution < 1.29 is 9.84 Å². The fourth-order valence-corrected chi connectivity index (χ4v) is 1.81. The number of hydrogen-bond acceptors (Lipinski definition) is 2. The highest BCUT2D eigenvalue weighted by Crippen LogP contribution is 2.31. The van der Waals surface area contributed by atoms with Crippen molar-refractivity contribution in [3.63, 3.8) is 0 Å². The van der Waals surface area contributed by atoms with Gasteiger partial charge >= 0.3 is 0 Å². The Labute approximate surface area is 68.6 Å². The van der Waals surface area contributed by atoms with E-state index in [2.05, 4.69) is 0 Å². The van der Waals surface area contributed by atoms with Gasteiger partial charge in [-0.15, -0.1) is 0 Å². The van der Waals surface area contributed by atoms with Crippen LogP contribution in [0.2, 0.25) is 0 Å². The Balaban J connectivity index is 2.44. The van der Waals surface area contributed by atoms with Crippen LogP contribution in [0.3, 0.4) is 0 Å². The first-order valence-corrected chi connectivity index (χ1v) is 4.45. The standard InChI is InChI=1S/C9H18O2/c1-3-9(10)6-4-5-8(7-9)11-2/h8,10H,3-7H2,1-2H3. The normalized spacial score (nSPS) is 39.0. The van der Waals surface area contributed by atoms with Gasteiger partial charge in [0.25, 0.3) is 0 Å². The van der Waals surface area contributed by atoms with Crippen LogP contribution in [0, 0.1) is 0 Å². The highest BCUT2D eigenvalue weighted by molar-refractivity contribution is 4.85. The lowest BCUT2D eigenvalue weighted by Gasteiger charge is -2.35. The van der Waals surface area contributed by atoms with Gasteiger partial charge in [-0.05, 0) is 25.7 Å². The van der Waals surface area contributed by atoms with Crippen LogP contribution >= 0.6 is 0 Å². The van der Waals surface area contributed by atoms with Gasteiger partial charge in [0.15, 0.2) is 0 Å². The van der Waals surface area contributed by atoms with E-state index >= 15 is 0 Å². The summed E-state index contributed by atoms with van der Waals surface area (Å²) in [6.45, 7) is 2.04. The predicted molar refractivity (Wildman–Crippen MR) is 44.5 cm³/mol. The molecule has 0 heterocycles. The fraction of sp³-hybridized carbons (Fsp3) is 1.00. The van der Waals surface area contributed by atoms with Gasteiger partial charge < -0.3 is 9.84 Å². The molecule has 0 aromatic carbocycles. The summed E-state index contributed by atoms with van der Waals surface area (Å²) in [4.78, 5) is 0. The van der Waals surface area contributed by atoms with Crippen molar-refractivity contribution in [3.8, 4) is 0 Å². The highest BCUT2D eigenvalue weighted by Gasteiger charge is 2.32. The molecule has 0 aliphatic heterocycles. The van der Waals surface area contributed by atoms with E-state index in [1.165, 1.54) is 0 Å². The molecule has 1 aliphatic rings. The Morgan fingerprint density at radius 2 is 2.36 bits per heavy atom. The van der Waals surface area contributed by atoms with Crippen LogP contribution in [-0.4, -0.2) is 23.9 Å². The van der Waals surface area contributed by atoms with Crippen molar-refractivity contribution in [2.24, 2.45) is 0 Å². The van der Waals surface area contributed by atoms with E-state index in [0.717, 1.165) is 32.1 Å². The van der Waals surface area contributed by atoms with Crippen LogP contribution in [-0.2, 0) is 4.74 Å². The van der Waals surface area contributed by atoms with E-state index in [1.807, 2.05) is 6.92 Å². The molecular weight excluding hydrogens is 140 g/mol. The van der Waals surface area contributed by atoms with Crippen molar-refractivity contribution in [1.82, 2.24) is 0 Å². The molecule has 0 amide bonds. The Hall–Kier alpha value is -0.0800. The Kier molecular flexibility index (Phi) is 2.90. The zero-order valence-electron chi connectivity index (χ0n) is 7.47. The second kappa shape index (κ2) is 3.55. The van der Waals surface area contributed by atoms with E-state index in [-0.39, 0.29) is 6.10 Å². The van der Waals surface area contributed by atoms with Crippen molar-refractivity contribution in [2.45, 2.75) is 50.7 Å². The second-order valence-electron chi connectivity index (χ2n) is 3.53. The van der Waals surface area contributed by atoms with Crippen LogP contribution in [0.25, 0.3) is 0 Å². The summed E-state index contributed by atoms with van der Waals surface area (Å²) >= 11 is 0. The van der Waals surface area contributed by atoms with Crippen LogP contribution in [0.1, 0.15) is 39.0 Å². The summed E-state index contributed by atoms with van der Waals surface area (Å²) in [6, 6.07) is 0. The molecule has 0 radical (unpaired) electrons. The Morgan fingerprint density at radius 3 is 2.91 bits per heavy atom. The highest BCUT2D eigenvalue weighted by atomic mass is 16.5. The van der Waals surface area contributed by atoms with Crippen LogP contribution in [0.5, 0.6) is 0 Å². The van der Waals surface area contributed by atoms with Gasteiger partial charge in [0, 0.05) is 13.5 Å². The van der Waals surface area contributed by atoms with Crippen molar-refractivity contribution in [3.05, 3.63) is 0 Å². The van der Waals surface area contributed by atoms with Gasteiger partial charge in [-0.1, -0.05) is 6.92 Å². The monoisotopic (exact) mass is 158 g/mol. The molecule has 2 atom stereocenters. The average Bonchev–Trinajstić information content (AvgIpc) is 2.05. The van der Waals surface area contributed by atoms with Crippen LogP contribution < -0.4 is 0 Å². The molecule has 0 aromatic heterocycles. The van der Waals surface area contributed by atoms with Gasteiger partial charge in [0.2, 0.25) is 0 Å². The first kappa shape index (κ1) is 9.01. The van der Waals surface area contributed by atoms with Crippen molar-refractivity contribution in [2.75, 3.05) is 7.11 Å². The molecule has 1 rings (SSSR count). The maximum atomic E-state index is 9.90. The predicted octanol–water partition coefficient (Wildman–Crippen LogP) is 1.72. The summed E-state index contributed by atoms with van der Waals surface area (Å²) in [6.07, 6.45) is 5.12. The van der Waals surface area contributed by atoms with Gasteiger partial charge in [-0.25, -0.2) is 0 Å². The molecule has 1 saturated carbocycles. The second-order valence-corrected chi connectivity index (χ2v) is 3.53. The number of methoxy groups -OCH3 is 1. The lowest BCUT2D eigenvalue weighted by molar-refractivity contribution is -0.0605. The van der Waals surface area contributed by atoms with Gasteiger partial charge in [0.05, 0.1) is 11.7 Å². The molecule has 1 fully saturated rings. The lowest BCUT2D eigenvalue weighted by atomic mass is 9.81.